The summed E-state index contributed by atoms with van der Waals surface area (Å²) in [5.41, 5.74) is 13.4. The molecule has 0 unspecified atom stereocenters. The van der Waals surface area contributed by atoms with Crippen LogP contribution in [0.2, 0.25) is 0 Å². The van der Waals surface area contributed by atoms with Crippen LogP contribution in [0.5, 0.6) is 0 Å². The molecule has 0 amide bonds. The molecule has 0 bridgehead atoms. The zero-order chi connectivity index (χ0) is 25.7. The molecular formula is C38H30. The summed E-state index contributed by atoms with van der Waals surface area (Å²) in [5.74, 6) is 0. The molecule has 38 heavy (non-hydrogen) atoms. The van der Waals surface area contributed by atoms with Crippen LogP contribution in [-0.2, 0) is 11.8 Å². The zero-order valence-corrected chi connectivity index (χ0v) is 21.9. The predicted molar refractivity (Wildman–Crippen MR) is 162 cm³/mol. The van der Waals surface area contributed by atoms with E-state index in [0.717, 1.165) is 6.42 Å². The third-order valence-corrected chi connectivity index (χ3v) is 8.32. The predicted octanol–water partition coefficient (Wildman–Crippen LogP) is 10.1. The molecule has 1 aliphatic rings. The molecule has 0 spiro atoms. The fourth-order valence-corrected chi connectivity index (χ4v) is 6.12. The van der Waals surface area contributed by atoms with E-state index in [2.05, 4.69) is 147 Å². The molecule has 0 saturated carbocycles. The first-order chi connectivity index (χ1) is 18.6. The molecule has 0 nitrogen and oxygen atoms in total. The van der Waals surface area contributed by atoms with E-state index in [0.29, 0.717) is 0 Å². The second-order valence-corrected chi connectivity index (χ2v) is 11.1. The lowest BCUT2D eigenvalue weighted by Crippen LogP contribution is -2.14. The smallest absolute Gasteiger partial charge is 0.0159 e. The summed E-state index contributed by atoms with van der Waals surface area (Å²) in [7, 11) is 0. The van der Waals surface area contributed by atoms with Crippen LogP contribution in [0, 0.1) is 0 Å². The van der Waals surface area contributed by atoms with Gasteiger partial charge in [0.1, 0.15) is 0 Å². The Morgan fingerprint density at radius 1 is 0.421 bits per heavy atom. The molecule has 6 aromatic rings. The lowest BCUT2D eigenvalue weighted by Gasteiger charge is -2.22. The van der Waals surface area contributed by atoms with Crippen molar-refractivity contribution >= 4 is 10.8 Å². The van der Waals surface area contributed by atoms with Crippen LogP contribution in [0.3, 0.4) is 0 Å². The van der Waals surface area contributed by atoms with Crippen molar-refractivity contribution in [1.29, 1.82) is 0 Å². The lowest BCUT2D eigenvalue weighted by atomic mass is 9.81. The van der Waals surface area contributed by atoms with Crippen molar-refractivity contribution in [3.05, 3.63) is 156 Å². The van der Waals surface area contributed by atoms with Gasteiger partial charge in [0.2, 0.25) is 0 Å². The molecule has 7 rings (SSSR count). The van der Waals surface area contributed by atoms with Gasteiger partial charge in [-0.25, -0.2) is 0 Å². The Balaban J connectivity index is 1.10. The Bertz CT molecular complexity index is 1780. The van der Waals surface area contributed by atoms with Gasteiger partial charge in [0.25, 0.3) is 0 Å². The number of hydrogen-bond acceptors (Lipinski definition) is 0. The molecule has 0 heterocycles. The van der Waals surface area contributed by atoms with Crippen LogP contribution in [0.4, 0.5) is 0 Å². The Morgan fingerprint density at radius 2 is 0.947 bits per heavy atom. The monoisotopic (exact) mass is 486 g/mol. The van der Waals surface area contributed by atoms with Crippen LogP contribution in [-0.4, -0.2) is 0 Å². The maximum Gasteiger partial charge on any atom is 0.0159 e. The van der Waals surface area contributed by atoms with E-state index in [9.17, 15) is 0 Å². The number of benzene rings is 6. The van der Waals surface area contributed by atoms with Gasteiger partial charge in [0, 0.05) is 5.41 Å². The highest BCUT2D eigenvalue weighted by Gasteiger charge is 2.35. The van der Waals surface area contributed by atoms with Crippen molar-refractivity contribution in [2.45, 2.75) is 25.7 Å². The Hall–Kier alpha value is -4.42. The van der Waals surface area contributed by atoms with E-state index in [1.807, 2.05) is 0 Å². The third kappa shape index (κ3) is 3.85. The summed E-state index contributed by atoms with van der Waals surface area (Å²) in [6.45, 7) is 4.69. The van der Waals surface area contributed by atoms with E-state index >= 15 is 0 Å². The van der Waals surface area contributed by atoms with Crippen LogP contribution in [0.15, 0.2) is 133 Å². The minimum absolute atomic E-state index is 0.0287. The van der Waals surface area contributed by atoms with E-state index in [1.165, 1.54) is 66.4 Å². The summed E-state index contributed by atoms with van der Waals surface area (Å²) >= 11 is 0. The highest BCUT2D eigenvalue weighted by molar-refractivity contribution is 5.87. The summed E-state index contributed by atoms with van der Waals surface area (Å²) < 4.78 is 0. The number of hydrogen-bond donors (Lipinski definition) is 0. The van der Waals surface area contributed by atoms with Crippen molar-refractivity contribution in [1.82, 2.24) is 0 Å². The molecule has 0 N–H and O–H groups in total. The van der Waals surface area contributed by atoms with Crippen molar-refractivity contribution in [3.8, 4) is 33.4 Å². The molecule has 0 atom stereocenters. The standard InChI is InChI=1S/C38H30/c1-38(2)36-10-6-5-9-34(36)35-22-21-33(25-37(35)38)30-17-13-27(14-18-30)23-26-11-15-29(16-12-26)32-20-19-28-7-3-4-8-31(28)24-32/h3-22,24-25H,23H2,1-2H3. The van der Waals surface area contributed by atoms with Crippen LogP contribution in [0.1, 0.15) is 36.1 Å². The van der Waals surface area contributed by atoms with Gasteiger partial charge < -0.3 is 0 Å². The van der Waals surface area contributed by atoms with E-state index < -0.39 is 0 Å². The molecule has 0 aromatic heterocycles. The molecule has 0 heteroatoms. The van der Waals surface area contributed by atoms with Gasteiger partial charge in [0.05, 0.1) is 0 Å². The summed E-state index contributed by atoms with van der Waals surface area (Å²) in [5, 5.41) is 2.57. The molecule has 0 radical (unpaired) electrons. The average Bonchev–Trinajstić information content (AvgIpc) is 3.20. The highest BCUT2D eigenvalue weighted by atomic mass is 14.4. The molecule has 0 aliphatic heterocycles. The van der Waals surface area contributed by atoms with Crippen molar-refractivity contribution in [2.24, 2.45) is 0 Å². The van der Waals surface area contributed by atoms with Crippen LogP contribution < -0.4 is 0 Å². The average molecular weight is 487 g/mol. The summed E-state index contributed by atoms with van der Waals surface area (Å²) in [6.07, 6.45) is 0.935. The molecule has 182 valence electrons. The summed E-state index contributed by atoms with van der Waals surface area (Å²) in [6, 6.07) is 49.2. The maximum absolute atomic E-state index is 2.40. The second kappa shape index (κ2) is 8.85. The Kier molecular flexibility index (Phi) is 5.30. The van der Waals surface area contributed by atoms with Crippen LogP contribution in [0.25, 0.3) is 44.2 Å². The Labute approximate surface area is 225 Å². The summed E-state index contributed by atoms with van der Waals surface area (Å²) in [4.78, 5) is 0. The largest absolute Gasteiger partial charge is 0.0619 e. The maximum atomic E-state index is 2.40. The lowest BCUT2D eigenvalue weighted by molar-refractivity contribution is 0.660. The normalized spacial score (nSPS) is 13.3. The van der Waals surface area contributed by atoms with Crippen molar-refractivity contribution in [2.75, 3.05) is 0 Å². The number of fused-ring (bicyclic) bond motifs is 4. The number of rotatable bonds is 4. The van der Waals surface area contributed by atoms with Gasteiger partial charge in [-0.15, -0.1) is 0 Å². The molecule has 1 aliphatic carbocycles. The van der Waals surface area contributed by atoms with E-state index in [1.54, 1.807) is 0 Å². The first kappa shape index (κ1) is 22.8. The van der Waals surface area contributed by atoms with Gasteiger partial charge in [-0.2, -0.15) is 0 Å². The van der Waals surface area contributed by atoms with Crippen LogP contribution >= 0.6 is 0 Å². The topological polar surface area (TPSA) is 0 Å². The second-order valence-electron chi connectivity index (χ2n) is 11.1. The first-order valence-electron chi connectivity index (χ1n) is 13.5. The van der Waals surface area contributed by atoms with E-state index in [4.69, 9.17) is 0 Å². The fraction of sp³-hybridized carbons (Fsp3) is 0.105. The van der Waals surface area contributed by atoms with Gasteiger partial charge >= 0.3 is 0 Å². The van der Waals surface area contributed by atoms with Gasteiger partial charge in [0.15, 0.2) is 0 Å². The minimum Gasteiger partial charge on any atom is -0.0619 e. The van der Waals surface area contributed by atoms with Crippen molar-refractivity contribution < 1.29 is 0 Å². The third-order valence-electron chi connectivity index (χ3n) is 8.32. The molecule has 6 aromatic carbocycles. The molecular weight excluding hydrogens is 456 g/mol. The zero-order valence-electron chi connectivity index (χ0n) is 21.9. The first-order valence-corrected chi connectivity index (χ1v) is 13.5. The highest BCUT2D eigenvalue weighted by Crippen LogP contribution is 2.49. The van der Waals surface area contributed by atoms with E-state index in [-0.39, 0.29) is 5.41 Å². The molecule has 0 saturated heterocycles. The Morgan fingerprint density at radius 3 is 1.66 bits per heavy atom. The van der Waals surface area contributed by atoms with Crippen molar-refractivity contribution in [3.63, 3.8) is 0 Å². The van der Waals surface area contributed by atoms with Gasteiger partial charge in [-0.05, 0) is 85.0 Å². The quantitative estimate of drug-likeness (QED) is 0.232. The van der Waals surface area contributed by atoms with Gasteiger partial charge in [-0.1, -0.05) is 135 Å². The SMILES string of the molecule is CC1(C)c2ccccc2-c2ccc(-c3ccc(Cc4ccc(-c5ccc6ccccc6c5)cc4)cc3)cc21. The fourth-order valence-electron chi connectivity index (χ4n) is 6.12. The minimum atomic E-state index is 0.0287. The van der Waals surface area contributed by atoms with Gasteiger partial charge in [-0.3, -0.25) is 0 Å². The molecule has 0 fully saturated rings.